The number of aryl methyl sites for hydroxylation is 1. The summed E-state index contributed by atoms with van der Waals surface area (Å²) in [7, 11) is 0. The van der Waals surface area contributed by atoms with E-state index in [1.54, 1.807) is 49.8 Å². The van der Waals surface area contributed by atoms with Crippen LogP contribution in [0, 0.1) is 12.3 Å². The van der Waals surface area contributed by atoms with Crippen LogP contribution < -0.4 is 21.3 Å². The van der Waals surface area contributed by atoms with Crippen molar-refractivity contribution >= 4 is 58.4 Å². The van der Waals surface area contributed by atoms with Crippen molar-refractivity contribution in [3.63, 3.8) is 0 Å². The summed E-state index contributed by atoms with van der Waals surface area (Å²) in [6, 6.07) is 9.66. The van der Waals surface area contributed by atoms with Gasteiger partial charge in [0.05, 0.1) is 66.3 Å². The van der Waals surface area contributed by atoms with E-state index in [2.05, 4.69) is 26.3 Å². The van der Waals surface area contributed by atoms with Gasteiger partial charge < -0.3 is 40.2 Å². The number of aliphatic hydroxyl groups is 1. The van der Waals surface area contributed by atoms with Crippen molar-refractivity contribution in [2.75, 3.05) is 58.0 Å². The largest absolute Gasteiger partial charge is 0.391 e. The SMILES string of the molecule is Cc1ncsc1-c1ccc(CNC(=O)C2CC(O)CN2C(=O)C(NC(=O)COCCOCCOCCNc2cccc3c2C(=O)N(C2CCC(=O)NC2=O)C3=O)C(C)(C)C)cc1. The van der Waals surface area contributed by atoms with Gasteiger partial charge in [-0.2, -0.15) is 0 Å². The Kier molecular flexibility index (Phi) is 15.2. The molecule has 0 spiro atoms. The maximum atomic E-state index is 13.9. The number of nitrogens with one attached hydrogen (secondary N) is 4. The zero-order chi connectivity index (χ0) is 44.6. The molecule has 19 heteroatoms. The fourth-order valence-electron chi connectivity index (χ4n) is 7.51. The van der Waals surface area contributed by atoms with Gasteiger partial charge in [-0.25, -0.2) is 4.98 Å². The summed E-state index contributed by atoms with van der Waals surface area (Å²) >= 11 is 1.56. The van der Waals surface area contributed by atoms with Gasteiger partial charge in [-0.15, -0.1) is 11.3 Å². The van der Waals surface area contributed by atoms with E-state index >= 15 is 0 Å². The standard InChI is InChI=1S/C43H53N7O11S/c1-25-36(62-24-46-25)27-10-8-26(9-11-27)21-45-38(54)32-20-28(51)22-49(32)42(58)37(43(2,3)4)47-34(53)23-61-19-18-60-17-16-59-15-14-44-30-7-5-6-29-35(30)41(57)50(40(29)56)31-12-13-33(52)48-39(31)55/h5-11,24,28,31-32,37,44,51H,12-23H2,1-4H3,(H,45,54)(H,47,53)(H,48,52,55). The molecule has 2 saturated heterocycles. The van der Waals surface area contributed by atoms with Crippen LogP contribution in [-0.4, -0.2) is 138 Å². The van der Waals surface area contributed by atoms with Gasteiger partial charge in [0, 0.05) is 38.2 Å². The zero-order valence-corrected chi connectivity index (χ0v) is 36.0. The van der Waals surface area contributed by atoms with E-state index in [0.717, 1.165) is 26.6 Å². The van der Waals surface area contributed by atoms with E-state index in [9.17, 15) is 38.7 Å². The van der Waals surface area contributed by atoms with Crippen LogP contribution in [0.15, 0.2) is 48.0 Å². The molecule has 7 amide bonds. The number of rotatable bonds is 19. The Labute approximate surface area is 363 Å². The number of carbonyl (C=O) groups is 7. The second kappa shape index (κ2) is 20.5. The molecule has 18 nitrogen and oxygen atoms in total. The number of hydrogen-bond donors (Lipinski definition) is 5. The first-order valence-corrected chi connectivity index (χ1v) is 21.4. The summed E-state index contributed by atoms with van der Waals surface area (Å²) in [5, 5.41) is 21.5. The predicted octanol–water partition coefficient (Wildman–Crippen LogP) is 1.79. The summed E-state index contributed by atoms with van der Waals surface area (Å²) in [4.78, 5) is 98.1. The molecule has 4 heterocycles. The first-order valence-electron chi connectivity index (χ1n) is 20.5. The molecular formula is C43H53N7O11S. The van der Waals surface area contributed by atoms with Crippen molar-refractivity contribution in [3.05, 3.63) is 70.4 Å². The number of anilines is 1. The van der Waals surface area contributed by atoms with Crippen molar-refractivity contribution in [3.8, 4) is 10.4 Å². The van der Waals surface area contributed by atoms with E-state index in [-0.39, 0.29) is 83.1 Å². The Bertz CT molecular complexity index is 2150. The van der Waals surface area contributed by atoms with Crippen LogP contribution in [0.2, 0.25) is 0 Å². The van der Waals surface area contributed by atoms with E-state index in [1.165, 1.54) is 11.0 Å². The number of nitrogens with zero attached hydrogens (tertiary/aromatic N) is 3. The van der Waals surface area contributed by atoms with Crippen molar-refractivity contribution in [1.29, 1.82) is 0 Å². The minimum atomic E-state index is -1.05. The van der Waals surface area contributed by atoms with E-state index in [1.807, 2.05) is 31.2 Å². The molecule has 62 heavy (non-hydrogen) atoms. The van der Waals surface area contributed by atoms with Crippen molar-refractivity contribution in [2.24, 2.45) is 5.41 Å². The quantitative estimate of drug-likeness (QED) is 0.0855. The first kappa shape index (κ1) is 45.9. The Morgan fingerprint density at radius 2 is 1.68 bits per heavy atom. The number of carbonyl (C=O) groups excluding carboxylic acids is 7. The molecular weight excluding hydrogens is 823 g/mol. The zero-order valence-electron chi connectivity index (χ0n) is 35.2. The highest BCUT2D eigenvalue weighted by atomic mass is 32.1. The van der Waals surface area contributed by atoms with Crippen LogP contribution in [0.3, 0.4) is 0 Å². The number of piperidine rings is 1. The minimum Gasteiger partial charge on any atom is -0.391 e. The molecule has 6 rings (SSSR count). The fraction of sp³-hybridized carbons (Fsp3) is 0.488. The Morgan fingerprint density at radius 1 is 0.968 bits per heavy atom. The van der Waals surface area contributed by atoms with E-state index in [4.69, 9.17) is 14.2 Å². The van der Waals surface area contributed by atoms with Crippen LogP contribution in [-0.2, 0) is 44.7 Å². The van der Waals surface area contributed by atoms with Crippen LogP contribution >= 0.6 is 11.3 Å². The highest BCUT2D eigenvalue weighted by molar-refractivity contribution is 7.13. The van der Waals surface area contributed by atoms with Gasteiger partial charge in [0.1, 0.15) is 24.7 Å². The van der Waals surface area contributed by atoms with Gasteiger partial charge in [0.2, 0.25) is 29.5 Å². The van der Waals surface area contributed by atoms with E-state index < -0.39 is 71.0 Å². The summed E-state index contributed by atoms with van der Waals surface area (Å²) in [6.07, 6.45) is -0.714. The lowest BCUT2D eigenvalue weighted by Crippen LogP contribution is -2.58. The normalized spacial score (nSPS) is 19.3. The first-order chi connectivity index (χ1) is 29.6. The summed E-state index contributed by atoms with van der Waals surface area (Å²) in [5.41, 5.74) is 4.70. The van der Waals surface area contributed by atoms with E-state index in [0.29, 0.717) is 12.2 Å². The lowest BCUT2D eigenvalue weighted by molar-refractivity contribution is -0.144. The van der Waals surface area contributed by atoms with Gasteiger partial charge in [0.25, 0.3) is 11.8 Å². The van der Waals surface area contributed by atoms with Gasteiger partial charge in [-0.05, 0) is 42.0 Å². The third kappa shape index (κ3) is 11.1. The molecule has 1 aromatic heterocycles. The lowest BCUT2D eigenvalue weighted by Gasteiger charge is -2.35. The van der Waals surface area contributed by atoms with Crippen molar-refractivity contribution in [2.45, 2.75) is 77.7 Å². The summed E-state index contributed by atoms with van der Waals surface area (Å²) in [6.45, 7) is 8.54. The van der Waals surface area contributed by atoms with Crippen LogP contribution in [0.1, 0.15) is 72.0 Å². The third-order valence-corrected chi connectivity index (χ3v) is 11.7. The van der Waals surface area contributed by atoms with Crippen molar-refractivity contribution < 1.29 is 52.9 Å². The number of amides is 7. The lowest BCUT2D eigenvalue weighted by atomic mass is 9.85. The molecule has 0 saturated carbocycles. The van der Waals surface area contributed by atoms with Gasteiger partial charge >= 0.3 is 0 Å². The second-order valence-electron chi connectivity index (χ2n) is 16.3. The second-order valence-corrected chi connectivity index (χ2v) is 17.2. The molecule has 3 aliphatic rings. The third-order valence-electron chi connectivity index (χ3n) is 10.7. The average Bonchev–Trinajstić information content (AvgIpc) is 3.92. The number of hydrogen-bond acceptors (Lipinski definition) is 14. The number of aliphatic hydroxyl groups excluding tert-OH is 1. The van der Waals surface area contributed by atoms with Crippen LogP contribution in [0.4, 0.5) is 5.69 Å². The molecule has 5 N–H and O–H groups in total. The van der Waals surface area contributed by atoms with Gasteiger partial charge in [-0.1, -0.05) is 51.1 Å². The Hall–Kier alpha value is -5.60. The smallest absolute Gasteiger partial charge is 0.264 e. The number of aromatic nitrogens is 1. The molecule has 2 aromatic carbocycles. The molecule has 3 aromatic rings. The van der Waals surface area contributed by atoms with Crippen LogP contribution in [0.25, 0.3) is 10.4 Å². The topological polar surface area (TPSA) is 235 Å². The maximum Gasteiger partial charge on any atom is 0.264 e. The highest BCUT2D eigenvalue weighted by Gasteiger charge is 2.46. The Morgan fingerprint density at radius 3 is 2.35 bits per heavy atom. The van der Waals surface area contributed by atoms with Crippen LogP contribution in [0.5, 0.6) is 0 Å². The van der Waals surface area contributed by atoms with Crippen molar-refractivity contribution in [1.82, 2.24) is 30.7 Å². The summed E-state index contributed by atoms with van der Waals surface area (Å²) < 4.78 is 16.6. The van der Waals surface area contributed by atoms with Gasteiger partial charge in [0.15, 0.2) is 0 Å². The molecule has 2 fully saturated rings. The molecule has 4 unspecified atom stereocenters. The predicted molar refractivity (Wildman–Crippen MR) is 226 cm³/mol. The fourth-order valence-corrected chi connectivity index (χ4v) is 8.32. The number of imide groups is 2. The summed E-state index contributed by atoms with van der Waals surface area (Å²) in [5.74, 6) is -3.69. The highest BCUT2D eigenvalue weighted by Crippen LogP contribution is 2.33. The molecule has 332 valence electrons. The monoisotopic (exact) mass is 875 g/mol. The number of fused-ring (bicyclic) bond motifs is 1. The molecule has 4 atom stereocenters. The minimum absolute atomic E-state index is 0.0345. The number of thiazole rings is 1. The molecule has 0 radical (unpaired) electrons. The maximum absolute atomic E-state index is 13.9. The number of β-amino-alcohol motifs (C(OH)–C–C–N with tert-alkyl or cyclic N) is 1. The number of likely N-dealkylation sites (tertiary alicyclic amines) is 1. The average molecular weight is 876 g/mol. The molecule has 0 bridgehead atoms. The number of ether oxygens (including phenoxy) is 3. The number of benzene rings is 2. The Balaban J connectivity index is 0.867. The molecule has 0 aliphatic carbocycles. The molecule has 3 aliphatic heterocycles. The van der Waals surface area contributed by atoms with Gasteiger partial charge in [-0.3, -0.25) is 43.8 Å².